The highest BCUT2D eigenvalue weighted by atomic mass is 32.2. The lowest BCUT2D eigenvalue weighted by Gasteiger charge is -2.16. The Morgan fingerprint density at radius 3 is 2.31 bits per heavy atom. The van der Waals surface area contributed by atoms with Crippen LogP contribution in [0.25, 0.3) is 6.08 Å². The highest BCUT2D eigenvalue weighted by Gasteiger charge is 2.36. The first-order chi connectivity index (χ1) is 22.7. The van der Waals surface area contributed by atoms with Gasteiger partial charge in [0.25, 0.3) is 21.3 Å². The zero-order valence-corrected chi connectivity index (χ0v) is 27.2. The van der Waals surface area contributed by atoms with Crippen LogP contribution in [0.1, 0.15) is 33.1 Å². The van der Waals surface area contributed by atoms with Gasteiger partial charge in [-0.3, -0.25) is 19.0 Å². The Morgan fingerprint density at radius 1 is 0.979 bits per heavy atom. The second kappa shape index (κ2) is 15.7. The number of hydrogen-bond acceptors (Lipinski definition) is 10. The number of methoxy groups -OCH3 is 1. The van der Waals surface area contributed by atoms with E-state index in [1.54, 1.807) is 30.3 Å². The van der Waals surface area contributed by atoms with Gasteiger partial charge in [0.2, 0.25) is 0 Å². The summed E-state index contributed by atoms with van der Waals surface area (Å²) in [4.78, 5) is 26.5. The number of aryl methyl sites for hydroxylation is 1. The number of alkyl halides is 3. The first-order valence-electron chi connectivity index (χ1n) is 14.1. The number of imide groups is 1. The van der Waals surface area contributed by atoms with Crippen LogP contribution in [0.4, 0.5) is 18.0 Å². The third-order valence-electron chi connectivity index (χ3n) is 6.90. The van der Waals surface area contributed by atoms with Crippen molar-refractivity contribution < 1.29 is 54.7 Å². The number of hydrogen-bond donors (Lipinski definition) is 1. The molecule has 0 saturated carbocycles. The van der Waals surface area contributed by atoms with Gasteiger partial charge in [0.05, 0.1) is 62.2 Å². The monoisotopic (exact) mass is 706 g/mol. The molecule has 4 rings (SSSR count). The van der Waals surface area contributed by atoms with Crippen LogP contribution in [0.15, 0.2) is 65.6 Å². The third kappa shape index (κ3) is 9.36. The lowest BCUT2D eigenvalue weighted by molar-refractivity contribution is -0.138. The summed E-state index contributed by atoms with van der Waals surface area (Å²) in [5.74, 6) is -1.11. The summed E-state index contributed by atoms with van der Waals surface area (Å²) in [6, 6.07) is 15.4. The minimum atomic E-state index is -4.78. The molecule has 1 aliphatic rings. The molecule has 1 aliphatic heterocycles. The number of nitriles is 1. The van der Waals surface area contributed by atoms with E-state index in [-0.39, 0.29) is 54.9 Å². The van der Waals surface area contributed by atoms with Crippen LogP contribution >= 0.6 is 11.8 Å². The highest BCUT2D eigenvalue weighted by molar-refractivity contribution is 8.18. The topological polar surface area (TPSA) is 152 Å². The largest absolute Gasteiger partial charge is 0.493 e. The molecule has 0 aromatic heterocycles. The summed E-state index contributed by atoms with van der Waals surface area (Å²) < 4.78 is 95.6. The van der Waals surface area contributed by atoms with Crippen LogP contribution in [0.3, 0.4) is 0 Å². The number of thioether (sulfide) groups is 1. The van der Waals surface area contributed by atoms with Gasteiger partial charge in [0, 0.05) is 0 Å². The maximum atomic E-state index is 13.6. The van der Waals surface area contributed by atoms with Gasteiger partial charge in [-0.1, -0.05) is 35.9 Å². The standard InChI is InChI=1S/C32H29F3N2O9S2/c1-20-3-7-23(8-4-20)29(48(40,41)42)19-45-14-13-44-12-11-37-30(38)28(47-31(37)39)17-21-5-10-26(27(16-21)43-2)46-25-9-6-22(18-36)15-24(25)32(33,34)35/h3-10,15-17,29H,11-14,19H2,1-2H3,(H,40,41,42)/b28-17-. The molecule has 48 heavy (non-hydrogen) atoms. The van der Waals surface area contributed by atoms with Gasteiger partial charge in [0.1, 0.15) is 11.0 Å². The smallest absolute Gasteiger partial charge is 0.420 e. The first-order valence-corrected chi connectivity index (χ1v) is 16.4. The molecule has 1 unspecified atom stereocenters. The van der Waals surface area contributed by atoms with Crippen molar-refractivity contribution in [3.05, 3.63) is 93.4 Å². The Labute approximate surface area is 278 Å². The van der Waals surface area contributed by atoms with Gasteiger partial charge < -0.3 is 18.9 Å². The lowest BCUT2D eigenvalue weighted by Crippen LogP contribution is -2.32. The molecule has 254 valence electrons. The molecule has 3 aromatic rings. The molecule has 0 radical (unpaired) electrons. The van der Waals surface area contributed by atoms with Gasteiger partial charge in [-0.25, -0.2) is 0 Å². The maximum absolute atomic E-state index is 13.6. The molecular weight excluding hydrogens is 677 g/mol. The van der Waals surface area contributed by atoms with E-state index >= 15 is 0 Å². The van der Waals surface area contributed by atoms with Crippen molar-refractivity contribution in [2.24, 2.45) is 0 Å². The van der Waals surface area contributed by atoms with Crippen LogP contribution in [-0.2, 0) is 30.6 Å². The second-order valence-corrected chi connectivity index (χ2v) is 12.9. The summed E-state index contributed by atoms with van der Waals surface area (Å²) in [6.07, 6.45) is -3.36. The molecule has 1 saturated heterocycles. The van der Waals surface area contributed by atoms with Crippen LogP contribution in [0, 0.1) is 18.3 Å². The average Bonchev–Trinajstić information content (AvgIpc) is 3.29. The Bertz CT molecular complexity index is 1840. The van der Waals surface area contributed by atoms with Crippen LogP contribution in [0.5, 0.6) is 17.2 Å². The summed E-state index contributed by atoms with van der Waals surface area (Å²) in [5, 5.41) is 7.17. The molecule has 11 nitrogen and oxygen atoms in total. The van der Waals surface area contributed by atoms with Crippen molar-refractivity contribution >= 4 is 39.1 Å². The number of ether oxygens (including phenoxy) is 4. The minimum Gasteiger partial charge on any atom is -0.493 e. The summed E-state index contributed by atoms with van der Waals surface area (Å²) >= 11 is 0.696. The van der Waals surface area contributed by atoms with E-state index in [9.17, 15) is 35.7 Å². The van der Waals surface area contributed by atoms with E-state index in [1.165, 1.54) is 37.5 Å². The molecule has 16 heteroatoms. The van der Waals surface area contributed by atoms with Crippen molar-refractivity contribution in [3.8, 4) is 23.3 Å². The second-order valence-electron chi connectivity index (χ2n) is 10.3. The SMILES string of the molecule is COc1cc(/C=C2\SC(=O)N(CCOCCOCC(c3ccc(C)cc3)S(=O)(=O)O)C2=O)ccc1Oc1ccc(C#N)cc1C(F)(F)F. The van der Waals surface area contributed by atoms with Gasteiger partial charge >= 0.3 is 6.18 Å². The van der Waals surface area contributed by atoms with Gasteiger partial charge in [-0.05, 0) is 66.2 Å². The van der Waals surface area contributed by atoms with Crippen LogP contribution in [-0.4, -0.2) is 69.1 Å². The molecular formula is C32H29F3N2O9S2. The number of benzene rings is 3. The van der Waals surface area contributed by atoms with Gasteiger partial charge in [-0.2, -0.15) is 26.9 Å². The summed E-state index contributed by atoms with van der Waals surface area (Å²) in [6.45, 7) is 1.46. The van der Waals surface area contributed by atoms with Crippen LogP contribution < -0.4 is 9.47 Å². The maximum Gasteiger partial charge on any atom is 0.420 e. The highest BCUT2D eigenvalue weighted by Crippen LogP contribution is 2.41. The van der Waals surface area contributed by atoms with E-state index in [0.29, 0.717) is 29.0 Å². The zero-order valence-electron chi connectivity index (χ0n) is 25.5. The molecule has 1 fully saturated rings. The first kappa shape index (κ1) is 36.4. The molecule has 1 atom stereocenters. The van der Waals surface area contributed by atoms with E-state index in [0.717, 1.165) is 16.5 Å². The van der Waals surface area contributed by atoms with E-state index in [1.807, 2.05) is 6.92 Å². The normalized spacial score (nSPS) is 15.1. The quantitative estimate of drug-likeness (QED) is 0.113. The molecule has 2 amide bonds. The van der Waals surface area contributed by atoms with E-state index in [2.05, 4.69) is 0 Å². The van der Waals surface area contributed by atoms with E-state index in [4.69, 9.17) is 24.2 Å². The average molecular weight is 707 g/mol. The third-order valence-corrected chi connectivity index (χ3v) is 8.94. The molecule has 3 aromatic carbocycles. The Kier molecular flexibility index (Phi) is 11.9. The van der Waals surface area contributed by atoms with Crippen LogP contribution in [0.2, 0.25) is 0 Å². The van der Waals surface area contributed by atoms with Gasteiger partial charge in [0.15, 0.2) is 11.5 Å². The van der Waals surface area contributed by atoms with Crippen molar-refractivity contribution in [2.75, 3.05) is 40.1 Å². The number of rotatable bonds is 14. The number of carbonyl (C=O) groups excluding carboxylic acids is 2. The predicted molar refractivity (Wildman–Crippen MR) is 169 cm³/mol. The van der Waals surface area contributed by atoms with Crippen molar-refractivity contribution in [1.29, 1.82) is 5.26 Å². The summed E-state index contributed by atoms with van der Waals surface area (Å²) in [5.41, 5.74) is 0.381. The fraction of sp³-hybridized carbons (Fsp3) is 0.281. The van der Waals surface area contributed by atoms with Gasteiger partial charge in [-0.15, -0.1) is 0 Å². The Morgan fingerprint density at radius 2 is 1.67 bits per heavy atom. The number of carbonyl (C=O) groups is 2. The predicted octanol–water partition coefficient (Wildman–Crippen LogP) is 6.39. The molecule has 0 spiro atoms. The molecule has 1 heterocycles. The van der Waals surface area contributed by atoms with Crippen molar-refractivity contribution in [1.82, 2.24) is 4.90 Å². The molecule has 1 N–H and O–H groups in total. The lowest BCUT2D eigenvalue weighted by atomic mass is 10.1. The zero-order chi connectivity index (χ0) is 35.1. The summed E-state index contributed by atoms with van der Waals surface area (Å²) in [7, 11) is -3.14. The number of nitrogens with zero attached hydrogens (tertiary/aromatic N) is 2. The fourth-order valence-corrected chi connectivity index (χ4v) is 6.07. The molecule has 0 bridgehead atoms. The Balaban J connectivity index is 1.31. The Hall–Kier alpha value is -4.40. The number of halogens is 3. The number of amides is 2. The van der Waals surface area contributed by atoms with E-state index < -0.39 is 44.0 Å². The fourth-order valence-electron chi connectivity index (χ4n) is 4.43. The van der Waals surface area contributed by atoms with Crippen molar-refractivity contribution in [3.63, 3.8) is 0 Å². The minimum absolute atomic E-state index is 0.0100. The molecule has 0 aliphatic carbocycles. The van der Waals surface area contributed by atoms with Crippen molar-refractivity contribution in [2.45, 2.75) is 18.3 Å².